The molecular formula is C15H22N4. The van der Waals surface area contributed by atoms with Gasteiger partial charge in [-0.3, -0.25) is 0 Å². The van der Waals surface area contributed by atoms with Gasteiger partial charge in [-0.05, 0) is 32.3 Å². The molecule has 0 bridgehead atoms. The number of nitrogens with one attached hydrogen (secondary N) is 1. The Bertz CT molecular complexity index is 478. The molecule has 1 aromatic carbocycles. The van der Waals surface area contributed by atoms with E-state index < -0.39 is 0 Å². The van der Waals surface area contributed by atoms with Gasteiger partial charge >= 0.3 is 0 Å². The van der Waals surface area contributed by atoms with Gasteiger partial charge in [-0.15, -0.1) is 10.2 Å². The Labute approximate surface area is 114 Å². The minimum Gasteiger partial charge on any atom is -0.317 e. The van der Waals surface area contributed by atoms with Crippen LogP contribution in [0.1, 0.15) is 31.7 Å². The predicted molar refractivity (Wildman–Crippen MR) is 76.8 cm³/mol. The summed E-state index contributed by atoms with van der Waals surface area (Å²) in [6.45, 7) is 6.02. The van der Waals surface area contributed by atoms with Crippen LogP contribution in [0.25, 0.3) is 0 Å². The van der Waals surface area contributed by atoms with Crippen LogP contribution < -0.4 is 5.32 Å². The molecule has 2 aromatic rings. The Kier molecular flexibility index (Phi) is 5.10. The zero-order valence-corrected chi connectivity index (χ0v) is 11.7. The summed E-state index contributed by atoms with van der Waals surface area (Å²) < 4.78 is 2.07. The summed E-state index contributed by atoms with van der Waals surface area (Å²) in [6, 6.07) is 11.1. The van der Waals surface area contributed by atoms with E-state index in [4.69, 9.17) is 0 Å². The van der Waals surface area contributed by atoms with Crippen LogP contribution in [-0.4, -0.2) is 20.8 Å². The molecule has 2 rings (SSSR count). The Morgan fingerprint density at radius 2 is 2.05 bits per heavy atom. The highest BCUT2D eigenvalue weighted by Gasteiger charge is 2.06. The quantitative estimate of drug-likeness (QED) is 0.829. The van der Waals surface area contributed by atoms with Crippen LogP contribution in [0.15, 0.2) is 36.7 Å². The molecule has 1 heterocycles. The van der Waals surface area contributed by atoms with Gasteiger partial charge in [-0.25, -0.2) is 0 Å². The summed E-state index contributed by atoms with van der Waals surface area (Å²) in [5.74, 6) is 1.01. The molecule has 4 heteroatoms. The van der Waals surface area contributed by atoms with E-state index in [9.17, 15) is 0 Å². The monoisotopic (exact) mass is 258 g/mol. The second kappa shape index (κ2) is 7.04. The van der Waals surface area contributed by atoms with Gasteiger partial charge in [-0.1, -0.05) is 30.3 Å². The zero-order chi connectivity index (χ0) is 13.5. The van der Waals surface area contributed by atoms with Crippen molar-refractivity contribution in [3.8, 4) is 0 Å². The van der Waals surface area contributed by atoms with Crippen molar-refractivity contribution in [2.45, 2.75) is 45.8 Å². The fraction of sp³-hybridized carbons (Fsp3) is 0.467. The maximum absolute atomic E-state index is 4.13. The van der Waals surface area contributed by atoms with E-state index in [0.717, 1.165) is 31.8 Å². The van der Waals surface area contributed by atoms with Gasteiger partial charge in [0.25, 0.3) is 0 Å². The van der Waals surface area contributed by atoms with E-state index in [1.807, 2.05) is 0 Å². The molecule has 0 saturated carbocycles. The summed E-state index contributed by atoms with van der Waals surface area (Å²) in [4.78, 5) is 0. The first kappa shape index (κ1) is 13.7. The molecule has 0 radical (unpaired) electrons. The normalized spacial score (nSPS) is 12.5. The number of rotatable bonds is 7. The van der Waals surface area contributed by atoms with E-state index in [1.165, 1.54) is 5.56 Å². The molecular weight excluding hydrogens is 236 g/mol. The lowest BCUT2D eigenvalue weighted by Gasteiger charge is -2.13. The summed E-state index contributed by atoms with van der Waals surface area (Å²) >= 11 is 0. The third kappa shape index (κ3) is 4.17. The van der Waals surface area contributed by atoms with Crippen molar-refractivity contribution in [3.63, 3.8) is 0 Å². The van der Waals surface area contributed by atoms with Crippen LogP contribution in [0.5, 0.6) is 0 Å². The summed E-state index contributed by atoms with van der Waals surface area (Å²) in [6.07, 6.45) is 4.02. The van der Waals surface area contributed by atoms with E-state index in [1.54, 1.807) is 6.33 Å². The molecule has 1 atom stereocenters. The summed E-state index contributed by atoms with van der Waals surface area (Å²) in [5, 5.41) is 11.6. The van der Waals surface area contributed by atoms with Crippen molar-refractivity contribution in [2.24, 2.45) is 0 Å². The minimum atomic E-state index is 0.474. The Hall–Kier alpha value is -1.68. The molecule has 0 aliphatic carbocycles. The van der Waals surface area contributed by atoms with Crippen LogP contribution in [0, 0.1) is 0 Å². The molecule has 1 aromatic heterocycles. The van der Waals surface area contributed by atoms with Gasteiger partial charge in [0.15, 0.2) is 0 Å². The second-order valence-corrected chi connectivity index (χ2v) is 4.84. The first-order valence-electron chi connectivity index (χ1n) is 6.93. The van der Waals surface area contributed by atoms with Gasteiger partial charge in [-0.2, -0.15) is 0 Å². The van der Waals surface area contributed by atoms with Crippen molar-refractivity contribution < 1.29 is 0 Å². The SMILES string of the molecule is CCn1cnnc1CNC(C)CCc1ccccc1. The number of nitrogens with zero attached hydrogens (tertiary/aromatic N) is 3. The maximum atomic E-state index is 4.13. The largest absolute Gasteiger partial charge is 0.317 e. The molecule has 0 aliphatic rings. The van der Waals surface area contributed by atoms with Gasteiger partial charge in [0.05, 0.1) is 6.54 Å². The van der Waals surface area contributed by atoms with E-state index in [-0.39, 0.29) is 0 Å². The second-order valence-electron chi connectivity index (χ2n) is 4.84. The van der Waals surface area contributed by atoms with Crippen LogP contribution in [0.4, 0.5) is 0 Å². The molecule has 4 nitrogen and oxygen atoms in total. The topological polar surface area (TPSA) is 42.7 Å². The first-order chi connectivity index (χ1) is 9.29. The molecule has 19 heavy (non-hydrogen) atoms. The van der Waals surface area contributed by atoms with E-state index in [0.29, 0.717) is 6.04 Å². The molecule has 0 fully saturated rings. The molecule has 102 valence electrons. The number of benzene rings is 1. The van der Waals surface area contributed by atoms with Gasteiger partial charge < -0.3 is 9.88 Å². The van der Waals surface area contributed by atoms with Crippen molar-refractivity contribution in [1.29, 1.82) is 0 Å². The molecule has 0 saturated heterocycles. The highest BCUT2D eigenvalue weighted by atomic mass is 15.3. The minimum absolute atomic E-state index is 0.474. The lowest BCUT2D eigenvalue weighted by Crippen LogP contribution is -2.27. The highest BCUT2D eigenvalue weighted by molar-refractivity contribution is 5.14. The zero-order valence-electron chi connectivity index (χ0n) is 11.7. The summed E-state index contributed by atoms with van der Waals surface area (Å²) in [5.41, 5.74) is 1.40. The molecule has 0 aliphatic heterocycles. The molecule has 1 unspecified atom stereocenters. The summed E-state index contributed by atoms with van der Waals surface area (Å²) in [7, 11) is 0. The molecule has 0 spiro atoms. The van der Waals surface area contributed by atoms with Crippen LogP contribution in [0.2, 0.25) is 0 Å². The molecule has 0 amide bonds. The average molecular weight is 258 g/mol. The van der Waals surface area contributed by atoms with E-state index in [2.05, 4.69) is 64.3 Å². The Balaban J connectivity index is 1.74. The fourth-order valence-corrected chi connectivity index (χ4v) is 2.08. The van der Waals surface area contributed by atoms with Crippen LogP contribution in [0.3, 0.4) is 0 Å². The average Bonchev–Trinajstić information content (AvgIpc) is 2.91. The third-order valence-corrected chi connectivity index (χ3v) is 3.35. The Morgan fingerprint density at radius 1 is 1.26 bits per heavy atom. The fourth-order valence-electron chi connectivity index (χ4n) is 2.08. The molecule has 1 N–H and O–H groups in total. The number of hydrogen-bond acceptors (Lipinski definition) is 3. The van der Waals surface area contributed by atoms with Gasteiger partial charge in [0.2, 0.25) is 0 Å². The predicted octanol–water partition coefficient (Wildman–Crippen LogP) is 2.41. The number of hydrogen-bond donors (Lipinski definition) is 1. The van der Waals surface area contributed by atoms with Crippen molar-refractivity contribution in [1.82, 2.24) is 20.1 Å². The van der Waals surface area contributed by atoms with E-state index >= 15 is 0 Å². The van der Waals surface area contributed by atoms with Gasteiger partial charge in [0, 0.05) is 12.6 Å². The highest BCUT2D eigenvalue weighted by Crippen LogP contribution is 2.05. The third-order valence-electron chi connectivity index (χ3n) is 3.35. The van der Waals surface area contributed by atoms with Crippen molar-refractivity contribution in [3.05, 3.63) is 48.0 Å². The number of aryl methyl sites for hydroxylation is 2. The first-order valence-corrected chi connectivity index (χ1v) is 6.93. The lowest BCUT2D eigenvalue weighted by molar-refractivity contribution is 0.494. The van der Waals surface area contributed by atoms with Crippen molar-refractivity contribution in [2.75, 3.05) is 0 Å². The maximum Gasteiger partial charge on any atom is 0.146 e. The van der Waals surface area contributed by atoms with Crippen LogP contribution in [-0.2, 0) is 19.5 Å². The van der Waals surface area contributed by atoms with Gasteiger partial charge in [0.1, 0.15) is 12.2 Å². The number of aromatic nitrogens is 3. The standard InChI is InChI=1S/C15H22N4/c1-3-19-12-17-18-15(19)11-16-13(2)9-10-14-7-5-4-6-8-14/h4-8,12-13,16H,3,9-11H2,1-2H3. The van der Waals surface area contributed by atoms with Crippen molar-refractivity contribution >= 4 is 0 Å². The lowest BCUT2D eigenvalue weighted by atomic mass is 10.1. The smallest absolute Gasteiger partial charge is 0.146 e. The van der Waals surface area contributed by atoms with Crippen LogP contribution >= 0.6 is 0 Å². The Morgan fingerprint density at radius 3 is 2.79 bits per heavy atom.